The number of phenolic OH excluding ortho intramolecular Hbond substituents is 1. The molecule has 0 saturated carbocycles. The molecule has 46 heavy (non-hydrogen) atoms. The van der Waals surface area contributed by atoms with E-state index in [-0.39, 0.29) is 65.5 Å². The lowest BCUT2D eigenvalue weighted by molar-refractivity contribution is -0.128. The van der Waals surface area contributed by atoms with Gasteiger partial charge in [-0.2, -0.15) is 5.26 Å². The Bertz CT molecular complexity index is 2030. The lowest BCUT2D eigenvalue weighted by Crippen LogP contribution is -2.64. The Morgan fingerprint density at radius 1 is 1.11 bits per heavy atom. The van der Waals surface area contributed by atoms with Gasteiger partial charge >= 0.3 is 0 Å². The average molecular weight is 629 g/mol. The first-order valence-electron chi connectivity index (χ1n) is 14.8. The minimum absolute atomic E-state index is 0.0348. The molecule has 2 aliphatic rings. The van der Waals surface area contributed by atoms with Crippen LogP contribution in [0.1, 0.15) is 37.9 Å². The predicted molar refractivity (Wildman–Crippen MR) is 169 cm³/mol. The highest BCUT2D eigenvalue weighted by atomic mass is 19.1. The van der Waals surface area contributed by atoms with Gasteiger partial charge in [-0.15, -0.1) is 0 Å². The van der Waals surface area contributed by atoms with Gasteiger partial charge in [0.15, 0.2) is 12.0 Å². The first-order chi connectivity index (χ1) is 21.9. The number of anilines is 2. The highest BCUT2D eigenvalue weighted by molar-refractivity contribution is 6.03. The van der Waals surface area contributed by atoms with E-state index in [9.17, 15) is 20.0 Å². The van der Waals surface area contributed by atoms with Crippen molar-refractivity contribution in [2.45, 2.75) is 45.7 Å². The van der Waals surface area contributed by atoms with Crippen molar-refractivity contribution in [2.24, 2.45) is 0 Å². The highest BCUT2D eigenvalue weighted by Crippen LogP contribution is 2.46. The van der Waals surface area contributed by atoms with Gasteiger partial charge in [0.2, 0.25) is 5.91 Å². The Morgan fingerprint density at radius 3 is 2.50 bits per heavy atom. The SMILES string of the molecule is C=CC(=O)N1CC2CN(C#N)c3c(c4cc(F)c(-c5c(O)cccc5F)c(F)c4n(-c4c(C)ccnc4C(C)C)c3=O)N2CC1C. The van der Waals surface area contributed by atoms with Gasteiger partial charge in [-0.1, -0.05) is 26.5 Å². The topological polar surface area (TPSA) is 106 Å². The number of phenols is 1. The number of halogens is 3. The van der Waals surface area contributed by atoms with Gasteiger partial charge in [-0.25, -0.2) is 13.2 Å². The summed E-state index contributed by atoms with van der Waals surface area (Å²) >= 11 is 0. The van der Waals surface area contributed by atoms with E-state index in [1.165, 1.54) is 17.0 Å². The number of carbonyl (C=O) groups excluding carboxylic acids is 1. The number of piperazine rings is 1. The summed E-state index contributed by atoms with van der Waals surface area (Å²) in [7, 11) is 0. The standard InChI is InChI=1S/C34H31F3N6O3/c1-6-25(45)41-15-20-14-40(16-38)33-32(42(20)13-19(41)5)21-12-23(36)27(26-22(35)8-7-9-24(26)44)28(37)31(21)43(34(33)46)30-18(4)10-11-39-29(30)17(2)3/h6-12,17,19-20,44H,1,13-15H2,2-5H3. The van der Waals surface area contributed by atoms with Gasteiger partial charge in [-0.3, -0.25) is 24.0 Å². The number of aryl methyl sites for hydroxylation is 1. The van der Waals surface area contributed by atoms with Gasteiger partial charge < -0.3 is 14.9 Å². The van der Waals surface area contributed by atoms with E-state index in [2.05, 4.69) is 17.8 Å². The van der Waals surface area contributed by atoms with Crippen LogP contribution in [0, 0.1) is 35.8 Å². The van der Waals surface area contributed by atoms with Crippen LogP contribution in [0.4, 0.5) is 24.5 Å². The number of hydrogen-bond acceptors (Lipinski definition) is 7. The van der Waals surface area contributed by atoms with Crippen LogP contribution < -0.4 is 15.4 Å². The second-order valence-electron chi connectivity index (χ2n) is 12.0. The average Bonchev–Trinajstić information content (AvgIpc) is 3.01. The summed E-state index contributed by atoms with van der Waals surface area (Å²) in [6.07, 6.45) is 4.83. The van der Waals surface area contributed by atoms with Crippen LogP contribution in [-0.4, -0.2) is 57.2 Å². The largest absolute Gasteiger partial charge is 0.507 e. The third-order valence-corrected chi connectivity index (χ3v) is 8.84. The molecule has 4 aromatic rings. The van der Waals surface area contributed by atoms with Crippen LogP contribution in [0.15, 0.2) is 54.0 Å². The molecule has 2 unspecified atom stereocenters. The van der Waals surface area contributed by atoms with Crippen LogP contribution in [0.5, 0.6) is 5.75 Å². The predicted octanol–water partition coefficient (Wildman–Crippen LogP) is 5.50. The van der Waals surface area contributed by atoms with Gasteiger partial charge in [0.05, 0.1) is 46.3 Å². The zero-order valence-corrected chi connectivity index (χ0v) is 25.7. The number of rotatable bonds is 4. The zero-order valence-electron chi connectivity index (χ0n) is 25.7. The van der Waals surface area contributed by atoms with Crippen LogP contribution in [0.25, 0.3) is 27.7 Å². The Hall–Kier alpha value is -5.31. The molecule has 1 saturated heterocycles. The van der Waals surface area contributed by atoms with Crippen molar-refractivity contribution < 1.29 is 23.1 Å². The molecule has 236 valence electrons. The van der Waals surface area contributed by atoms with E-state index in [1.54, 1.807) is 24.1 Å². The Morgan fingerprint density at radius 2 is 1.85 bits per heavy atom. The number of nitrogens with zero attached hydrogens (tertiary/aromatic N) is 6. The van der Waals surface area contributed by atoms with E-state index in [1.807, 2.05) is 25.7 Å². The molecule has 2 aliphatic heterocycles. The zero-order chi connectivity index (χ0) is 33.2. The fourth-order valence-corrected chi connectivity index (χ4v) is 6.75. The van der Waals surface area contributed by atoms with E-state index >= 15 is 13.2 Å². The molecule has 0 radical (unpaired) electrons. The lowest BCUT2D eigenvalue weighted by Gasteiger charge is -2.50. The number of nitriles is 1. The van der Waals surface area contributed by atoms with Crippen molar-refractivity contribution >= 4 is 28.2 Å². The number of aromatic nitrogens is 2. The first-order valence-corrected chi connectivity index (χ1v) is 14.8. The molecule has 2 aromatic heterocycles. The summed E-state index contributed by atoms with van der Waals surface area (Å²) in [5.41, 5.74) is -1.36. The second kappa shape index (κ2) is 11.2. The number of pyridine rings is 2. The van der Waals surface area contributed by atoms with Gasteiger partial charge in [0.25, 0.3) is 5.56 Å². The fourth-order valence-electron chi connectivity index (χ4n) is 6.75. The van der Waals surface area contributed by atoms with E-state index in [4.69, 9.17) is 0 Å². The number of hydrogen-bond donors (Lipinski definition) is 1. The summed E-state index contributed by atoms with van der Waals surface area (Å²) in [6, 6.07) is 5.07. The smallest absolute Gasteiger partial charge is 0.282 e. The van der Waals surface area contributed by atoms with Crippen molar-refractivity contribution in [3.8, 4) is 28.8 Å². The summed E-state index contributed by atoms with van der Waals surface area (Å²) in [5.74, 6) is -4.73. The molecular weight excluding hydrogens is 597 g/mol. The minimum atomic E-state index is -1.27. The molecule has 1 amide bonds. The summed E-state index contributed by atoms with van der Waals surface area (Å²) in [6.45, 7) is 11.2. The quantitative estimate of drug-likeness (QED) is 0.235. The van der Waals surface area contributed by atoms with Gasteiger partial charge in [-0.05, 0) is 55.7 Å². The summed E-state index contributed by atoms with van der Waals surface area (Å²) in [4.78, 5) is 36.5. The lowest BCUT2D eigenvalue weighted by atomic mass is 9.95. The monoisotopic (exact) mass is 628 g/mol. The van der Waals surface area contributed by atoms with Gasteiger partial charge in [0, 0.05) is 30.7 Å². The van der Waals surface area contributed by atoms with Crippen LogP contribution in [-0.2, 0) is 4.79 Å². The highest BCUT2D eigenvalue weighted by Gasteiger charge is 2.43. The van der Waals surface area contributed by atoms with Crippen LogP contribution in [0.2, 0.25) is 0 Å². The third kappa shape index (κ3) is 4.49. The van der Waals surface area contributed by atoms with E-state index in [0.29, 0.717) is 11.3 Å². The van der Waals surface area contributed by atoms with E-state index < -0.39 is 45.9 Å². The molecule has 0 aliphatic carbocycles. The van der Waals surface area contributed by atoms with Crippen LogP contribution >= 0.6 is 0 Å². The molecular formula is C34H31F3N6O3. The number of aromatic hydroxyl groups is 1. The fraction of sp³-hybridized carbons (Fsp3) is 0.294. The number of amides is 1. The van der Waals surface area contributed by atoms with Gasteiger partial charge in [0.1, 0.15) is 23.1 Å². The van der Waals surface area contributed by atoms with Crippen molar-refractivity contribution in [3.63, 3.8) is 0 Å². The molecule has 4 heterocycles. The van der Waals surface area contributed by atoms with Crippen molar-refractivity contribution in [1.29, 1.82) is 5.26 Å². The molecule has 6 rings (SSSR count). The summed E-state index contributed by atoms with van der Waals surface area (Å²) in [5, 5.41) is 20.8. The number of benzene rings is 2. The summed E-state index contributed by atoms with van der Waals surface area (Å²) < 4.78 is 49.6. The Balaban J connectivity index is 1.80. The number of fused-ring (bicyclic) bond motifs is 5. The minimum Gasteiger partial charge on any atom is -0.507 e. The molecule has 1 fully saturated rings. The molecule has 1 N–H and O–H groups in total. The molecule has 12 heteroatoms. The maximum Gasteiger partial charge on any atom is 0.282 e. The second-order valence-corrected chi connectivity index (χ2v) is 12.0. The van der Waals surface area contributed by atoms with Crippen molar-refractivity contribution in [1.82, 2.24) is 14.5 Å². The van der Waals surface area contributed by atoms with E-state index in [0.717, 1.165) is 22.8 Å². The molecule has 0 bridgehead atoms. The molecule has 2 aromatic carbocycles. The molecule has 2 atom stereocenters. The maximum absolute atomic E-state index is 17.2. The normalized spacial score (nSPS) is 17.6. The van der Waals surface area contributed by atoms with Crippen LogP contribution in [0.3, 0.4) is 0 Å². The number of carbonyl (C=O) groups is 1. The molecule has 9 nitrogen and oxygen atoms in total. The molecule has 0 spiro atoms. The Kier molecular flexibility index (Phi) is 7.51. The third-order valence-electron chi connectivity index (χ3n) is 8.84. The first kappa shape index (κ1) is 30.7. The maximum atomic E-state index is 17.2. The van der Waals surface area contributed by atoms with Crippen molar-refractivity contribution in [3.05, 3.63) is 88.2 Å². The van der Waals surface area contributed by atoms with Crippen molar-refractivity contribution in [2.75, 3.05) is 29.4 Å². The Labute approximate surface area is 263 Å².